The van der Waals surface area contributed by atoms with Crippen LogP contribution < -0.4 is 5.56 Å². The summed E-state index contributed by atoms with van der Waals surface area (Å²) >= 11 is 0. The van der Waals surface area contributed by atoms with E-state index >= 15 is 0 Å². The van der Waals surface area contributed by atoms with Crippen molar-refractivity contribution in [1.82, 2.24) is 14.4 Å². The zero-order valence-corrected chi connectivity index (χ0v) is 16.5. The summed E-state index contributed by atoms with van der Waals surface area (Å²) in [6, 6.07) is 5.31. The number of carbonyl (C=O) groups is 2. The predicted octanol–water partition coefficient (Wildman–Crippen LogP) is 2.12. The van der Waals surface area contributed by atoms with Gasteiger partial charge in [-0.15, -0.1) is 0 Å². The van der Waals surface area contributed by atoms with Gasteiger partial charge in [0.2, 0.25) is 11.8 Å². The molecule has 6 heteroatoms. The largest absolute Gasteiger partial charge is 0.342 e. The fraction of sp³-hybridized carbons (Fsp3) is 0.667. The number of fused-ring (bicyclic) bond motifs is 1. The number of aryl methyl sites for hydroxylation is 1. The molecule has 0 aromatic carbocycles. The maximum atomic E-state index is 12.6. The van der Waals surface area contributed by atoms with E-state index < -0.39 is 0 Å². The molecule has 3 heterocycles. The molecule has 2 aliphatic rings. The van der Waals surface area contributed by atoms with Gasteiger partial charge in [0.15, 0.2) is 0 Å². The lowest BCUT2D eigenvalue weighted by Crippen LogP contribution is -2.57. The van der Waals surface area contributed by atoms with Crippen molar-refractivity contribution in [3.63, 3.8) is 0 Å². The van der Waals surface area contributed by atoms with Crippen molar-refractivity contribution in [3.05, 3.63) is 34.7 Å². The lowest BCUT2D eigenvalue weighted by atomic mass is 9.83. The molecule has 2 amide bonds. The van der Waals surface area contributed by atoms with Gasteiger partial charge in [-0.2, -0.15) is 0 Å². The van der Waals surface area contributed by atoms with Crippen LogP contribution in [-0.4, -0.2) is 51.9 Å². The quantitative estimate of drug-likeness (QED) is 0.767. The summed E-state index contributed by atoms with van der Waals surface area (Å²) in [7, 11) is 0. The SMILES string of the molecule is CC(C)CCN1C(=O)CC[C@H]2CN(C(=O)CCn3ccccc3=O)CC[C@H]21. The van der Waals surface area contributed by atoms with E-state index in [2.05, 4.69) is 18.7 Å². The van der Waals surface area contributed by atoms with Crippen LogP contribution in [0.1, 0.15) is 46.0 Å². The predicted molar refractivity (Wildman–Crippen MR) is 104 cm³/mol. The van der Waals surface area contributed by atoms with Crippen molar-refractivity contribution in [1.29, 1.82) is 0 Å². The molecule has 0 radical (unpaired) electrons. The van der Waals surface area contributed by atoms with E-state index in [0.29, 0.717) is 37.8 Å². The molecule has 148 valence electrons. The van der Waals surface area contributed by atoms with Gasteiger partial charge in [0.25, 0.3) is 5.56 Å². The monoisotopic (exact) mass is 373 g/mol. The maximum absolute atomic E-state index is 12.6. The standard InChI is InChI=1S/C21H31N3O3/c1-16(2)8-14-24-18-9-12-23(15-17(18)6-7-21(24)27)20(26)10-13-22-11-4-3-5-19(22)25/h3-5,11,16-18H,6-10,12-15H2,1-2H3/t17-,18+/m0/s1. The summed E-state index contributed by atoms with van der Waals surface area (Å²) in [5.41, 5.74) is -0.0735. The minimum Gasteiger partial charge on any atom is -0.342 e. The van der Waals surface area contributed by atoms with Gasteiger partial charge >= 0.3 is 0 Å². The fourth-order valence-corrected chi connectivity index (χ4v) is 4.29. The highest BCUT2D eigenvalue weighted by molar-refractivity contribution is 5.78. The number of rotatable bonds is 6. The van der Waals surface area contributed by atoms with Gasteiger partial charge in [-0.3, -0.25) is 14.4 Å². The van der Waals surface area contributed by atoms with Gasteiger partial charge in [0.1, 0.15) is 0 Å². The lowest BCUT2D eigenvalue weighted by Gasteiger charge is -2.47. The summed E-state index contributed by atoms with van der Waals surface area (Å²) in [5.74, 6) is 1.35. The van der Waals surface area contributed by atoms with E-state index in [1.54, 1.807) is 16.8 Å². The van der Waals surface area contributed by atoms with Crippen molar-refractivity contribution >= 4 is 11.8 Å². The number of piperidine rings is 2. The van der Waals surface area contributed by atoms with Crippen molar-refractivity contribution in [2.75, 3.05) is 19.6 Å². The van der Waals surface area contributed by atoms with E-state index in [0.717, 1.165) is 32.4 Å². The first-order valence-corrected chi connectivity index (χ1v) is 10.2. The molecule has 2 fully saturated rings. The average Bonchev–Trinajstić information content (AvgIpc) is 2.65. The second kappa shape index (κ2) is 8.72. The molecule has 1 aromatic rings. The van der Waals surface area contributed by atoms with Gasteiger partial charge in [0, 0.05) is 57.3 Å². The molecule has 0 saturated carbocycles. The minimum atomic E-state index is -0.0735. The third kappa shape index (κ3) is 4.79. The maximum Gasteiger partial charge on any atom is 0.250 e. The van der Waals surface area contributed by atoms with Gasteiger partial charge in [-0.1, -0.05) is 19.9 Å². The van der Waals surface area contributed by atoms with E-state index in [1.807, 2.05) is 11.0 Å². The molecule has 2 atom stereocenters. The Morgan fingerprint density at radius 1 is 1.19 bits per heavy atom. The van der Waals surface area contributed by atoms with E-state index in [1.165, 1.54) is 6.07 Å². The van der Waals surface area contributed by atoms with Crippen LogP contribution in [0.25, 0.3) is 0 Å². The molecular weight excluding hydrogens is 342 g/mol. The molecular formula is C21H31N3O3. The number of hydrogen-bond donors (Lipinski definition) is 0. The van der Waals surface area contributed by atoms with Gasteiger partial charge in [-0.25, -0.2) is 0 Å². The van der Waals surface area contributed by atoms with Gasteiger partial charge in [-0.05, 0) is 37.2 Å². The Hall–Kier alpha value is -2.11. The van der Waals surface area contributed by atoms with E-state index in [4.69, 9.17) is 0 Å². The van der Waals surface area contributed by atoms with Crippen LogP contribution in [0.3, 0.4) is 0 Å². The van der Waals surface area contributed by atoms with Crippen molar-refractivity contribution < 1.29 is 9.59 Å². The average molecular weight is 373 g/mol. The van der Waals surface area contributed by atoms with Crippen molar-refractivity contribution in [2.45, 2.75) is 58.5 Å². The third-order valence-corrected chi connectivity index (χ3v) is 5.91. The van der Waals surface area contributed by atoms with Gasteiger partial charge < -0.3 is 14.4 Å². The number of hydrogen-bond acceptors (Lipinski definition) is 3. The molecule has 1 aromatic heterocycles. The van der Waals surface area contributed by atoms with E-state index in [-0.39, 0.29) is 23.4 Å². The number of carbonyl (C=O) groups excluding carboxylic acids is 2. The van der Waals surface area contributed by atoms with Crippen LogP contribution in [0, 0.1) is 11.8 Å². The summed E-state index contributed by atoms with van der Waals surface area (Å²) in [4.78, 5) is 40.8. The van der Waals surface area contributed by atoms with Crippen molar-refractivity contribution in [2.24, 2.45) is 11.8 Å². The molecule has 0 N–H and O–H groups in total. The van der Waals surface area contributed by atoms with Crippen LogP contribution in [-0.2, 0) is 16.1 Å². The highest BCUT2D eigenvalue weighted by Gasteiger charge is 2.39. The number of aromatic nitrogens is 1. The second-order valence-electron chi connectivity index (χ2n) is 8.25. The summed E-state index contributed by atoms with van der Waals surface area (Å²) in [5, 5.41) is 0. The first-order valence-electron chi connectivity index (χ1n) is 10.2. The third-order valence-electron chi connectivity index (χ3n) is 5.91. The zero-order chi connectivity index (χ0) is 19.4. The topological polar surface area (TPSA) is 62.6 Å². The Balaban J connectivity index is 1.56. The summed E-state index contributed by atoms with van der Waals surface area (Å²) in [6.07, 6.45) is 5.44. The fourth-order valence-electron chi connectivity index (χ4n) is 4.29. The van der Waals surface area contributed by atoms with Crippen LogP contribution in [0.15, 0.2) is 29.2 Å². The molecule has 2 aliphatic heterocycles. The van der Waals surface area contributed by atoms with E-state index in [9.17, 15) is 14.4 Å². The highest BCUT2D eigenvalue weighted by Crippen LogP contribution is 2.32. The Labute approximate surface area is 161 Å². The molecule has 0 aliphatic carbocycles. The Bertz CT molecular complexity index is 727. The van der Waals surface area contributed by atoms with Crippen LogP contribution in [0.4, 0.5) is 0 Å². The van der Waals surface area contributed by atoms with Crippen LogP contribution in [0.2, 0.25) is 0 Å². The lowest BCUT2D eigenvalue weighted by molar-refractivity contribution is -0.144. The van der Waals surface area contributed by atoms with Crippen LogP contribution >= 0.6 is 0 Å². The number of amides is 2. The Morgan fingerprint density at radius 3 is 2.74 bits per heavy atom. The minimum absolute atomic E-state index is 0.0735. The molecule has 0 spiro atoms. The number of likely N-dealkylation sites (tertiary alicyclic amines) is 2. The highest BCUT2D eigenvalue weighted by atomic mass is 16.2. The number of pyridine rings is 1. The summed E-state index contributed by atoms with van der Waals surface area (Å²) in [6.45, 7) is 7.06. The van der Waals surface area contributed by atoms with Crippen molar-refractivity contribution in [3.8, 4) is 0 Å². The second-order valence-corrected chi connectivity index (χ2v) is 8.25. The summed E-state index contributed by atoms with van der Waals surface area (Å²) < 4.78 is 1.58. The van der Waals surface area contributed by atoms with Crippen LogP contribution in [0.5, 0.6) is 0 Å². The Morgan fingerprint density at radius 2 is 2.00 bits per heavy atom. The molecule has 0 bridgehead atoms. The molecule has 2 saturated heterocycles. The smallest absolute Gasteiger partial charge is 0.250 e. The normalized spacial score (nSPS) is 22.9. The molecule has 6 nitrogen and oxygen atoms in total. The zero-order valence-electron chi connectivity index (χ0n) is 16.5. The first-order chi connectivity index (χ1) is 13.0. The molecule has 27 heavy (non-hydrogen) atoms. The number of nitrogens with zero attached hydrogens (tertiary/aromatic N) is 3. The van der Waals surface area contributed by atoms with Gasteiger partial charge in [0.05, 0.1) is 0 Å². The molecule has 0 unspecified atom stereocenters. The first kappa shape index (κ1) is 19.6. The Kier molecular flexibility index (Phi) is 6.34. The molecule has 3 rings (SSSR count).